The molecule has 2 rings (SSSR count). The number of benzene rings is 1. The maximum atomic E-state index is 12.0. The fourth-order valence-corrected chi connectivity index (χ4v) is 2.93. The molecule has 0 heterocycles. The summed E-state index contributed by atoms with van der Waals surface area (Å²) in [5, 5.41) is 4.88. The summed E-state index contributed by atoms with van der Waals surface area (Å²) >= 11 is 0. The molecule has 1 atom stereocenters. The van der Waals surface area contributed by atoms with Crippen molar-refractivity contribution in [2.75, 3.05) is 13.7 Å². The van der Waals surface area contributed by atoms with Crippen LogP contribution in [0.2, 0.25) is 0 Å². The van der Waals surface area contributed by atoms with Crippen LogP contribution in [0.15, 0.2) is 18.2 Å². The summed E-state index contributed by atoms with van der Waals surface area (Å²) in [5.41, 5.74) is 0.443. The van der Waals surface area contributed by atoms with Crippen LogP contribution in [-0.2, 0) is 14.3 Å². The second-order valence-electron chi connectivity index (χ2n) is 6.79. The molecule has 2 N–H and O–H groups in total. The highest BCUT2D eigenvalue weighted by Gasteiger charge is 2.23. The van der Waals surface area contributed by atoms with E-state index in [0.717, 1.165) is 25.7 Å². The Labute approximate surface area is 169 Å². The molecule has 0 saturated heterocycles. The number of esters is 1. The van der Waals surface area contributed by atoms with Crippen LogP contribution in [0.4, 0.5) is 4.79 Å². The lowest BCUT2D eigenvalue weighted by atomic mass is 10.1. The van der Waals surface area contributed by atoms with Crippen molar-refractivity contribution >= 4 is 23.7 Å². The van der Waals surface area contributed by atoms with E-state index in [1.54, 1.807) is 6.07 Å². The number of ether oxygens (including phenoxy) is 3. The van der Waals surface area contributed by atoms with E-state index in [2.05, 4.69) is 10.6 Å². The first kappa shape index (κ1) is 22.2. The Hall–Kier alpha value is -3.10. The first-order chi connectivity index (χ1) is 13.8. The lowest BCUT2D eigenvalue weighted by Gasteiger charge is -2.16. The number of nitrogens with one attached hydrogen (secondary N) is 2. The molecular formula is C20H26N2O7. The molecule has 0 aromatic heterocycles. The fraction of sp³-hybridized carbons (Fsp3) is 0.500. The Morgan fingerprint density at radius 1 is 1.14 bits per heavy atom. The van der Waals surface area contributed by atoms with Crippen molar-refractivity contribution in [1.29, 1.82) is 0 Å². The quantitative estimate of drug-likeness (QED) is 0.500. The van der Waals surface area contributed by atoms with Gasteiger partial charge < -0.3 is 19.5 Å². The highest BCUT2D eigenvalue weighted by atomic mass is 16.6. The minimum absolute atomic E-state index is 0.0680. The number of ketones is 1. The molecule has 1 aromatic rings. The number of imide groups is 1. The van der Waals surface area contributed by atoms with Gasteiger partial charge in [-0.2, -0.15) is 0 Å². The Bertz CT molecular complexity index is 772. The van der Waals surface area contributed by atoms with Gasteiger partial charge in [0.2, 0.25) is 0 Å². The predicted molar refractivity (Wildman–Crippen MR) is 103 cm³/mol. The average molecular weight is 406 g/mol. The van der Waals surface area contributed by atoms with E-state index in [1.807, 2.05) is 0 Å². The number of carbonyl (C=O) groups is 4. The molecule has 1 fully saturated rings. The van der Waals surface area contributed by atoms with Crippen molar-refractivity contribution in [3.8, 4) is 11.5 Å². The van der Waals surface area contributed by atoms with E-state index >= 15 is 0 Å². The number of amides is 3. The first-order valence-corrected chi connectivity index (χ1v) is 9.42. The van der Waals surface area contributed by atoms with Gasteiger partial charge in [0.1, 0.15) is 0 Å². The van der Waals surface area contributed by atoms with Crippen molar-refractivity contribution < 1.29 is 33.4 Å². The van der Waals surface area contributed by atoms with Crippen LogP contribution in [0.25, 0.3) is 0 Å². The SMILES string of the molecule is COc1cc(C(C)=O)ccc1OCC(=O)O[C@@H](C)C(=O)NC(=O)NC1CCCC1. The summed E-state index contributed by atoms with van der Waals surface area (Å²) < 4.78 is 15.5. The number of rotatable bonds is 8. The molecule has 1 aliphatic carbocycles. The largest absolute Gasteiger partial charge is 0.493 e. The molecule has 0 unspecified atom stereocenters. The van der Waals surface area contributed by atoms with Crippen LogP contribution in [0.5, 0.6) is 11.5 Å². The van der Waals surface area contributed by atoms with E-state index in [9.17, 15) is 19.2 Å². The van der Waals surface area contributed by atoms with Crippen LogP contribution >= 0.6 is 0 Å². The van der Waals surface area contributed by atoms with Gasteiger partial charge in [-0.15, -0.1) is 0 Å². The van der Waals surface area contributed by atoms with Gasteiger partial charge in [0.25, 0.3) is 5.91 Å². The van der Waals surface area contributed by atoms with Gasteiger partial charge >= 0.3 is 12.0 Å². The standard InChI is InChI=1S/C20H26N2O7/c1-12(23)14-8-9-16(17(10-14)27-3)28-11-18(24)29-13(2)19(25)22-20(26)21-15-6-4-5-7-15/h8-10,13,15H,4-7,11H2,1-3H3,(H2,21,22,25,26)/t13-/m0/s1. The molecule has 29 heavy (non-hydrogen) atoms. The van der Waals surface area contributed by atoms with Gasteiger partial charge in [-0.3, -0.25) is 14.9 Å². The van der Waals surface area contributed by atoms with Crippen molar-refractivity contribution in [3.05, 3.63) is 23.8 Å². The minimum Gasteiger partial charge on any atom is -0.493 e. The van der Waals surface area contributed by atoms with Crippen LogP contribution < -0.4 is 20.1 Å². The molecule has 1 saturated carbocycles. The second-order valence-corrected chi connectivity index (χ2v) is 6.79. The van der Waals surface area contributed by atoms with Gasteiger partial charge in [-0.25, -0.2) is 9.59 Å². The maximum Gasteiger partial charge on any atom is 0.344 e. The molecule has 1 aromatic carbocycles. The zero-order valence-corrected chi connectivity index (χ0v) is 16.8. The molecule has 9 nitrogen and oxygen atoms in total. The van der Waals surface area contributed by atoms with Crippen molar-refractivity contribution in [1.82, 2.24) is 10.6 Å². The number of carbonyl (C=O) groups excluding carboxylic acids is 4. The van der Waals surface area contributed by atoms with Crippen LogP contribution in [0.3, 0.4) is 0 Å². The normalized spacial score (nSPS) is 14.6. The lowest BCUT2D eigenvalue weighted by molar-refractivity contribution is -0.156. The summed E-state index contributed by atoms with van der Waals surface area (Å²) in [5.74, 6) is -1.10. The van der Waals surface area contributed by atoms with Crippen LogP contribution in [0, 0.1) is 0 Å². The molecule has 158 valence electrons. The summed E-state index contributed by atoms with van der Waals surface area (Å²) in [6.45, 7) is 2.31. The van der Waals surface area contributed by atoms with E-state index in [4.69, 9.17) is 14.2 Å². The van der Waals surface area contributed by atoms with Gasteiger partial charge in [-0.05, 0) is 44.9 Å². The summed E-state index contributed by atoms with van der Waals surface area (Å²) in [4.78, 5) is 47.2. The van der Waals surface area contributed by atoms with Gasteiger partial charge in [0, 0.05) is 11.6 Å². The maximum absolute atomic E-state index is 12.0. The van der Waals surface area contributed by atoms with Gasteiger partial charge in [0.05, 0.1) is 7.11 Å². The second kappa shape index (κ2) is 10.4. The predicted octanol–water partition coefficient (Wildman–Crippen LogP) is 1.98. The average Bonchev–Trinajstić information content (AvgIpc) is 3.18. The topological polar surface area (TPSA) is 120 Å². The van der Waals surface area contributed by atoms with E-state index in [0.29, 0.717) is 11.3 Å². The zero-order chi connectivity index (χ0) is 21.4. The molecule has 3 amide bonds. The van der Waals surface area contributed by atoms with Crippen molar-refractivity contribution in [2.45, 2.75) is 51.7 Å². The first-order valence-electron chi connectivity index (χ1n) is 9.42. The molecule has 1 aliphatic rings. The summed E-state index contributed by atoms with van der Waals surface area (Å²) in [6, 6.07) is 4.02. The summed E-state index contributed by atoms with van der Waals surface area (Å²) in [6.07, 6.45) is 2.72. The van der Waals surface area contributed by atoms with Gasteiger partial charge in [-0.1, -0.05) is 12.8 Å². The zero-order valence-electron chi connectivity index (χ0n) is 16.8. The molecular weight excluding hydrogens is 380 g/mol. The van der Waals surface area contributed by atoms with Crippen LogP contribution in [-0.4, -0.2) is 49.6 Å². The Morgan fingerprint density at radius 2 is 1.83 bits per heavy atom. The highest BCUT2D eigenvalue weighted by molar-refractivity contribution is 5.97. The number of Topliss-reactive ketones (excluding diaryl/α,β-unsaturated/α-hetero) is 1. The monoisotopic (exact) mass is 406 g/mol. The molecule has 0 spiro atoms. The number of methoxy groups -OCH3 is 1. The van der Waals surface area contributed by atoms with E-state index in [-0.39, 0.29) is 17.6 Å². The molecule has 0 radical (unpaired) electrons. The lowest BCUT2D eigenvalue weighted by Crippen LogP contribution is -2.47. The smallest absolute Gasteiger partial charge is 0.344 e. The Balaban J connectivity index is 1.79. The fourth-order valence-electron chi connectivity index (χ4n) is 2.93. The highest BCUT2D eigenvalue weighted by Crippen LogP contribution is 2.28. The molecule has 9 heteroatoms. The number of hydrogen-bond donors (Lipinski definition) is 2. The van der Waals surface area contributed by atoms with E-state index < -0.39 is 30.6 Å². The number of hydrogen-bond acceptors (Lipinski definition) is 7. The minimum atomic E-state index is -1.16. The third-order valence-electron chi connectivity index (χ3n) is 4.52. The molecule has 0 aliphatic heterocycles. The number of urea groups is 1. The Kier molecular flexibility index (Phi) is 7.99. The van der Waals surface area contributed by atoms with Crippen molar-refractivity contribution in [3.63, 3.8) is 0 Å². The third-order valence-corrected chi connectivity index (χ3v) is 4.52. The van der Waals surface area contributed by atoms with Crippen molar-refractivity contribution in [2.24, 2.45) is 0 Å². The van der Waals surface area contributed by atoms with Gasteiger partial charge in [0.15, 0.2) is 30.0 Å². The molecule has 0 bridgehead atoms. The van der Waals surface area contributed by atoms with E-state index in [1.165, 1.54) is 33.1 Å². The summed E-state index contributed by atoms with van der Waals surface area (Å²) in [7, 11) is 1.41. The third kappa shape index (κ3) is 6.78. The van der Waals surface area contributed by atoms with Crippen LogP contribution in [0.1, 0.15) is 49.9 Å². The Morgan fingerprint density at radius 3 is 2.45 bits per heavy atom.